The summed E-state index contributed by atoms with van der Waals surface area (Å²) >= 11 is 0. The Morgan fingerprint density at radius 2 is 2.20 bits per heavy atom. The van der Waals surface area contributed by atoms with E-state index >= 15 is 0 Å². The summed E-state index contributed by atoms with van der Waals surface area (Å²) in [5.74, 6) is 0.366. The van der Waals surface area contributed by atoms with Gasteiger partial charge in [-0.2, -0.15) is 10.1 Å². The van der Waals surface area contributed by atoms with Crippen LogP contribution in [0.2, 0.25) is 0 Å². The Bertz CT molecular complexity index is 795. The van der Waals surface area contributed by atoms with Crippen molar-refractivity contribution in [3.63, 3.8) is 0 Å². The van der Waals surface area contributed by atoms with E-state index in [4.69, 9.17) is 5.11 Å². The number of rotatable bonds is 3. The van der Waals surface area contributed by atoms with Gasteiger partial charge in [-0.15, -0.1) is 0 Å². The van der Waals surface area contributed by atoms with Crippen LogP contribution < -0.4 is 0 Å². The summed E-state index contributed by atoms with van der Waals surface area (Å²) < 4.78 is 1.62. The van der Waals surface area contributed by atoms with Gasteiger partial charge in [0, 0.05) is 18.0 Å². The van der Waals surface area contributed by atoms with Crippen molar-refractivity contribution in [3.05, 3.63) is 48.0 Å². The van der Waals surface area contributed by atoms with Crippen LogP contribution in [0.15, 0.2) is 36.7 Å². The minimum absolute atomic E-state index is 0.00590. The number of carboxylic acids is 1. The summed E-state index contributed by atoms with van der Waals surface area (Å²) in [5, 5.41) is 13.1. The molecule has 2 heterocycles. The number of benzene rings is 1. The Hall–Kier alpha value is -2.76. The van der Waals surface area contributed by atoms with E-state index in [2.05, 4.69) is 15.1 Å². The van der Waals surface area contributed by atoms with Gasteiger partial charge in [-0.1, -0.05) is 24.3 Å². The van der Waals surface area contributed by atoms with Gasteiger partial charge in [0.1, 0.15) is 5.82 Å². The van der Waals surface area contributed by atoms with E-state index in [1.54, 1.807) is 16.8 Å². The van der Waals surface area contributed by atoms with E-state index in [1.807, 2.05) is 31.3 Å². The molecule has 0 atom stereocenters. The molecule has 0 unspecified atom stereocenters. The van der Waals surface area contributed by atoms with Crippen LogP contribution in [0.5, 0.6) is 0 Å². The van der Waals surface area contributed by atoms with Crippen molar-refractivity contribution >= 4 is 11.7 Å². The van der Waals surface area contributed by atoms with E-state index in [0.717, 1.165) is 16.7 Å². The van der Waals surface area contributed by atoms with E-state index in [-0.39, 0.29) is 6.42 Å². The Morgan fingerprint density at radius 1 is 1.35 bits per heavy atom. The molecule has 0 aliphatic carbocycles. The highest BCUT2D eigenvalue weighted by molar-refractivity contribution is 5.72. The Labute approximate surface area is 114 Å². The lowest BCUT2D eigenvalue weighted by Gasteiger charge is -2.04. The van der Waals surface area contributed by atoms with Gasteiger partial charge < -0.3 is 5.11 Å². The van der Waals surface area contributed by atoms with E-state index < -0.39 is 5.97 Å². The summed E-state index contributed by atoms with van der Waals surface area (Å²) in [4.78, 5) is 19.2. The van der Waals surface area contributed by atoms with Gasteiger partial charge in [0.05, 0.1) is 6.42 Å². The quantitative estimate of drug-likeness (QED) is 0.782. The normalized spacial score (nSPS) is 10.8. The number of hydrogen-bond donors (Lipinski definition) is 1. The first-order valence-corrected chi connectivity index (χ1v) is 6.12. The molecule has 0 aliphatic rings. The molecule has 6 heteroatoms. The van der Waals surface area contributed by atoms with Crippen LogP contribution in [0.3, 0.4) is 0 Å². The molecule has 0 spiro atoms. The highest BCUT2D eigenvalue weighted by atomic mass is 16.4. The molecule has 0 radical (unpaired) electrons. The van der Waals surface area contributed by atoms with Crippen molar-refractivity contribution in [2.45, 2.75) is 13.3 Å². The first kappa shape index (κ1) is 12.3. The van der Waals surface area contributed by atoms with Gasteiger partial charge >= 0.3 is 5.97 Å². The first-order chi connectivity index (χ1) is 9.61. The van der Waals surface area contributed by atoms with Crippen LogP contribution in [-0.2, 0) is 11.2 Å². The number of aliphatic carboxylic acids is 1. The summed E-state index contributed by atoms with van der Waals surface area (Å²) in [7, 11) is 0. The molecular formula is C14H12N4O2. The molecule has 0 fully saturated rings. The second-order valence-electron chi connectivity index (χ2n) is 4.52. The molecule has 0 saturated heterocycles. The molecule has 0 saturated carbocycles. The van der Waals surface area contributed by atoms with Gasteiger partial charge in [-0.25, -0.2) is 9.50 Å². The molecule has 2 aromatic heterocycles. The number of aromatic nitrogens is 4. The minimum atomic E-state index is -0.845. The van der Waals surface area contributed by atoms with Crippen LogP contribution in [0.1, 0.15) is 11.4 Å². The molecule has 0 amide bonds. The van der Waals surface area contributed by atoms with Gasteiger partial charge in [0.15, 0.2) is 0 Å². The molecule has 0 aliphatic heterocycles. The average molecular weight is 268 g/mol. The summed E-state index contributed by atoms with van der Waals surface area (Å²) in [6.45, 7) is 1.81. The Morgan fingerprint density at radius 3 is 3.00 bits per heavy atom. The second kappa shape index (κ2) is 4.73. The van der Waals surface area contributed by atoms with Crippen molar-refractivity contribution < 1.29 is 9.90 Å². The Kier molecular flexibility index (Phi) is 2.90. The summed E-state index contributed by atoms with van der Waals surface area (Å²) in [6, 6.07) is 7.40. The molecule has 1 aromatic carbocycles. The first-order valence-electron chi connectivity index (χ1n) is 6.12. The number of carboxylic acid groups (broad SMARTS) is 1. The fraction of sp³-hybridized carbons (Fsp3) is 0.143. The maximum atomic E-state index is 10.8. The predicted molar refractivity (Wildman–Crippen MR) is 72.3 cm³/mol. The number of fused-ring (bicyclic) bond motifs is 1. The molecule has 20 heavy (non-hydrogen) atoms. The van der Waals surface area contributed by atoms with E-state index in [9.17, 15) is 4.79 Å². The largest absolute Gasteiger partial charge is 0.481 e. The van der Waals surface area contributed by atoms with Crippen LogP contribution in [0, 0.1) is 6.92 Å². The highest BCUT2D eigenvalue weighted by Crippen LogP contribution is 2.20. The number of aryl methyl sites for hydroxylation is 1. The van der Waals surface area contributed by atoms with Crippen molar-refractivity contribution in [2.24, 2.45) is 0 Å². The third-order valence-corrected chi connectivity index (χ3v) is 2.92. The maximum absolute atomic E-state index is 10.8. The zero-order valence-corrected chi connectivity index (χ0v) is 10.8. The average Bonchev–Trinajstić information content (AvgIpc) is 2.77. The lowest BCUT2D eigenvalue weighted by molar-refractivity contribution is -0.136. The van der Waals surface area contributed by atoms with Gasteiger partial charge in [0.2, 0.25) is 0 Å². The third kappa shape index (κ3) is 2.35. The van der Waals surface area contributed by atoms with Crippen molar-refractivity contribution in [1.29, 1.82) is 0 Å². The number of hydrogen-bond acceptors (Lipinski definition) is 4. The lowest BCUT2D eigenvalue weighted by Crippen LogP contribution is -2.00. The highest BCUT2D eigenvalue weighted by Gasteiger charge is 2.06. The third-order valence-electron chi connectivity index (χ3n) is 2.92. The standard InChI is InChI=1S/C14H12N4O2/c1-9-16-14-15-7-12(8-18(14)17-9)11-4-2-3-10(5-11)6-13(19)20/h2-5,7-8H,6H2,1H3,(H,19,20). The predicted octanol–water partition coefficient (Wildman–Crippen LogP) is 1.73. The smallest absolute Gasteiger partial charge is 0.307 e. The van der Waals surface area contributed by atoms with Crippen molar-refractivity contribution in [3.8, 4) is 11.1 Å². The fourth-order valence-corrected chi connectivity index (χ4v) is 2.07. The van der Waals surface area contributed by atoms with Gasteiger partial charge in [-0.3, -0.25) is 4.79 Å². The molecular weight excluding hydrogens is 256 g/mol. The SMILES string of the molecule is Cc1nc2ncc(-c3cccc(CC(=O)O)c3)cn2n1. The molecule has 6 nitrogen and oxygen atoms in total. The fourth-order valence-electron chi connectivity index (χ4n) is 2.07. The van der Waals surface area contributed by atoms with E-state index in [1.165, 1.54) is 0 Å². The topological polar surface area (TPSA) is 80.4 Å². The molecule has 1 N–H and O–H groups in total. The molecule has 3 rings (SSSR count). The van der Waals surface area contributed by atoms with Crippen molar-refractivity contribution in [1.82, 2.24) is 19.6 Å². The number of nitrogens with zero attached hydrogens (tertiary/aromatic N) is 4. The van der Waals surface area contributed by atoms with Crippen LogP contribution >= 0.6 is 0 Å². The van der Waals surface area contributed by atoms with E-state index in [0.29, 0.717) is 11.6 Å². The van der Waals surface area contributed by atoms with Gasteiger partial charge in [-0.05, 0) is 18.1 Å². The summed E-state index contributed by atoms with van der Waals surface area (Å²) in [6.07, 6.45) is 3.55. The molecule has 100 valence electrons. The summed E-state index contributed by atoms with van der Waals surface area (Å²) in [5.41, 5.74) is 2.53. The maximum Gasteiger partial charge on any atom is 0.307 e. The minimum Gasteiger partial charge on any atom is -0.481 e. The van der Waals surface area contributed by atoms with Crippen LogP contribution in [-0.4, -0.2) is 30.7 Å². The lowest BCUT2D eigenvalue weighted by atomic mass is 10.0. The van der Waals surface area contributed by atoms with Crippen LogP contribution in [0.4, 0.5) is 0 Å². The Balaban J connectivity index is 2.03. The zero-order valence-electron chi connectivity index (χ0n) is 10.8. The monoisotopic (exact) mass is 268 g/mol. The van der Waals surface area contributed by atoms with Gasteiger partial charge in [0.25, 0.3) is 5.78 Å². The number of carbonyl (C=O) groups is 1. The van der Waals surface area contributed by atoms with Crippen LogP contribution in [0.25, 0.3) is 16.9 Å². The second-order valence-corrected chi connectivity index (χ2v) is 4.52. The molecule has 0 bridgehead atoms. The molecule has 3 aromatic rings. The van der Waals surface area contributed by atoms with Crippen molar-refractivity contribution in [2.75, 3.05) is 0 Å². The zero-order chi connectivity index (χ0) is 14.1.